The third-order valence-corrected chi connectivity index (χ3v) is 3.74. The monoisotopic (exact) mass is 334 g/mol. The molecule has 1 aromatic carbocycles. The van der Waals surface area contributed by atoms with Gasteiger partial charge in [0.2, 0.25) is 0 Å². The Morgan fingerprint density at radius 2 is 1.53 bits per heavy atom. The van der Waals surface area contributed by atoms with Crippen molar-refractivity contribution in [3.8, 4) is 11.4 Å². The molecule has 0 aliphatic heterocycles. The van der Waals surface area contributed by atoms with Gasteiger partial charge < -0.3 is 0 Å². The standard InChI is InChI=1S/C13H10Cl4N2/c1-6(2)10-11(16)18-13(19-12(10)17)8-5-7(14)3-4-9(8)15/h3-6H,1-2H3. The molecule has 19 heavy (non-hydrogen) atoms. The molecule has 100 valence electrons. The molecule has 0 N–H and O–H groups in total. The van der Waals surface area contributed by atoms with Crippen molar-refractivity contribution in [3.63, 3.8) is 0 Å². The molecule has 0 atom stereocenters. The average molecular weight is 336 g/mol. The van der Waals surface area contributed by atoms with Crippen LogP contribution in [0.2, 0.25) is 20.4 Å². The van der Waals surface area contributed by atoms with Crippen LogP contribution >= 0.6 is 46.4 Å². The molecule has 6 heteroatoms. The van der Waals surface area contributed by atoms with Crippen LogP contribution in [-0.2, 0) is 0 Å². The predicted molar refractivity (Wildman–Crippen MR) is 81.6 cm³/mol. The molecule has 0 amide bonds. The fraction of sp³-hybridized carbons (Fsp3) is 0.231. The highest BCUT2D eigenvalue weighted by Gasteiger charge is 2.17. The van der Waals surface area contributed by atoms with Crippen molar-refractivity contribution in [2.75, 3.05) is 0 Å². The highest BCUT2D eigenvalue weighted by Crippen LogP contribution is 2.34. The number of nitrogens with zero attached hydrogens (tertiary/aromatic N) is 2. The molecule has 1 aromatic heterocycles. The Balaban J connectivity index is 2.62. The van der Waals surface area contributed by atoms with Crippen LogP contribution < -0.4 is 0 Å². The molecule has 0 spiro atoms. The van der Waals surface area contributed by atoms with Crippen LogP contribution in [0.4, 0.5) is 0 Å². The Labute approximate surface area is 131 Å². The molecule has 0 aliphatic rings. The Morgan fingerprint density at radius 1 is 0.947 bits per heavy atom. The molecule has 0 aliphatic carbocycles. The van der Waals surface area contributed by atoms with E-state index in [0.717, 1.165) is 5.56 Å². The average Bonchev–Trinajstić information content (AvgIpc) is 2.30. The largest absolute Gasteiger partial charge is 0.216 e. The summed E-state index contributed by atoms with van der Waals surface area (Å²) in [5, 5.41) is 1.71. The van der Waals surface area contributed by atoms with E-state index in [1.165, 1.54) is 0 Å². The molecule has 0 unspecified atom stereocenters. The van der Waals surface area contributed by atoms with Gasteiger partial charge in [0, 0.05) is 16.1 Å². The second-order valence-electron chi connectivity index (χ2n) is 4.32. The Morgan fingerprint density at radius 3 is 2.05 bits per heavy atom. The quantitative estimate of drug-likeness (QED) is 0.640. The van der Waals surface area contributed by atoms with Crippen LogP contribution in [0.25, 0.3) is 11.4 Å². The van der Waals surface area contributed by atoms with Crippen LogP contribution in [0.3, 0.4) is 0 Å². The summed E-state index contributed by atoms with van der Waals surface area (Å²) in [6, 6.07) is 5.06. The molecule has 0 saturated carbocycles. The third-order valence-electron chi connectivity index (χ3n) is 2.60. The van der Waals surface area contributed by atoms with Gasteiger partial charge in [-0.3, -0.25) is 0 Å². The fourth-order valence-electron chi connectivity index (χ4n) is 1.68. The lowest BCUT2D eigenvalue weighted by Gasteiger charge is -2.11. The van der Waals surface area contributed by atoms with Gasteiger partial charge in [0.05, 0.1) is 5.02 Å². The van der Waals surface area contributed by atoms with E-state index in [9.17, 15) is 0 Å². The van der Waals surface area contributed by atoms with Crippen LogP contribution in [-0.4, -0.2) is 9.97 Å². The van der Waals surface area contributed by atoms with Crippen molar-refractivity contribution in [2.45, 2.75) is 19.8 Å². The molecule has 2 nitrogen and oxygen atoms in total. The molecule has 0 fully saturated rings. The maximum absolute atomic E-state index is 6.16. The van der Waals surface area contributed by atoms with E-state index in [2.05, 4.69) is 9.97 Å². The molecular weight excluding hydrogens is 326 g/mol. The molecule has 0 bridgehead atoms. The minimum absolute atomic E-state index is 0.142. The smallest absolute Gasteiger partial charge is 0.164 e. The van der Waals surface area contributed by atoms with E-state index in [-0.39, 0.29) is 5.92 Å². The van der Waals surface area contributed by atoms with Gasteiger partial charge in [-0.05, 0) is 24.1 Å². The van der Waals surface area contributed by atoms with Gasteiger partial charge >= 0.3 is 0 Å². The first kappa shape index (κ1) is 14.9. The van der Waals surface area contributed by atoms with Crippen LogP contribution in [0.15, 0.2) is 18.2 Å². The fourth-order valence-corrected chi connectivity index (χ4v) is 2.88. The molecule has 2 rings (SSSR count). The normalized spacial score (nSPS) is 11.1. The highest BCUT2D eigenvalue weighted by molar-refractivity contribution is 6.36. The van der Waals surface area contributed by atoms with Gasteiger partial charge in [0.15, 0.2) is 5.82 Å². The number of aromatic nitrogens is 2. The maximum Gasteiger partial charge on any atom is 0.164 e. The summed E-state index contributed by atoms with van der Waals surface area (Å²) < 4.78 is 0. The third kappa shape index (κ3) is 3.14. The van der Waals surface area contributed by atoms with Gasteiger partial charge in [-0.1, -0.05) is 60.3 Å². The number of hydrogen-bond acceptors (Lipinski definition) is 2. The van der Waals surface area contributed by atoms with Crippen molar-refractivity contribution in [3.05, 3.63) is 44.1 Å². The molecule has 0 radical (unpaired) electrons. The van der Waals surface area contributed by atoms with E-state index in [1.807, 2.05) is 13.8 Å². The number of benzene rings is 1. The van der Waals surface area contributed by atoms with Gasteiger partial charge in [-0.2, -0.15) is 0 Å². The molecule has 2 aromatic rings. The summed E-state index contributed by atoms with van der Waals surface area (Å²) in [6.45, 7) is 3.95. The van der Waals surface area contributed by atoms with E-state index >= 15 is 0 Å². The lowest BCUT2D eigenvalue weighted by Crippen LogP contribution is -1.99. The van der Waals surface area contributed by atoms with Crippen molar-refractivity contribution in [1.82, 2.24) is 9.97 Å². The van der Waals surface area contributed by atoms with E-state index in [4.69, 9.17) is 46.4 Å². The second kappa shape index (κ2) is 5.84. The zero-order valence-electron chi connectivity index (χ0n) is 10.2. The van der Waals surface area contributed by atoms with Crippen molar-refractivity contribution >= 4 is 46.4 Å². The first-order chi connectivity index (χ1) is 8.90. The Bertz CT molecular complexity index is 603. The summed E-state index contributed by atoms with van der Waals surface area (Å²) >= 11 is 24.4. The van der Waals surface area contributed by atoms with E-state index < -0.39 is 0 Å². The summed E-state index contributed by atoms with van der Waals surface area (Å²) in [7, 11) is 0. The summed E-state index contributed by atoms with van der Waals surface area (Å²) in [4.78, 5) is 8.51. The van der Waals surface area contributed by atoms with Crippen molar-refractivity contribution in [1.29, 1.82) is 0 Å². The van der Waals surface area contributed by atoms with Crippen molar-refractivity contribution in [2.24, 2.45) is 0 Å². The highest BCUT2D eigenvalue weighted by atomic mass is 35.5. The van der Waals surface area contributed by atoms with Crippen LogP contribution in [0, 0.1) is 0 Å². The molecule has 1 heterocycles. The molecular formula is C13H10Cl4N2. The van der Waals surface area contributed by atoms with Gasteiger partial charge in [0.1, 0.15) is 10.3 Å². The van der Waals surface area contributed by atoms with Gasteiger partial charge in [-0.15, -0.1) is 0 Å². The van der Waals surface area contributed by atoms with Crippen molar-refractivity contribution < 1.29 is 0 Å². The lowest BCUT2D eigenvalue weighted by atomic mass is 10.1. The zero-order chi connectivity index (χ0) is 14.2. The predicted octanol–water partition coefficient (Wildman–Crippen LogP) is 5.88. The maximum atomic E-state index is 6.16. The Hall–Kier alpha value is -0.540. The summed E-state index contributed by atoms with van der Waals surface area (Å²) in [6.07, 6.45) is 0. The minimum Gasteiger partial charge on any atom is -0.216 e. The zero-order valence-corrected chi connectivity index (χ0v) is 13.2. The first-order valence-electron chi connectivity index (χ1n) is 5.58. The van der Waals surface area contributed by atoms with Crippen LogP contribution in [0.5, 0.6) is 0 Å². The van der Waals surface area contributed by atoms with E-state index in [0.29, 0.717) is 31.7 Å². The second-order valence-corrected chi connectivity index (χ2v) is 5.88. The molecule has 0 saturated heterocycles. The SMILES string of the molecule is CC(C)c1c(Cl)nc(-c2cc(Cl)ccc2Cl)nc1Cl. The van der Waals surface area contributed by atoms with Crippen LogP contribution in [0.1, 0.15) is 25.3 Å². The summed E-state index contributed by atoms with van der Waals surface area (Å²) in [5.74, 6) is 0.510. The van der Waals surface area contributed by atoms with Gasteiger partial charge in [0.25, 0.3) is 0 Å². The summed E-state index contributed by atoms with van der Waals surface area (Å²) in [5.41, 5.74) is 1.33. The lowest BCUT2D eigenvalue weighted by molar-refractivity contribution is 0.848. The number of rotatable bonds is 2. The van der Waals surface area contributed by atoms with Gasteiger partial charge in [-0.25, -0.2) is 9.97 Å². The minimum atomic E-state index is 0.142. The number of halogens is 4. The Kier molecular flexibility index (Phi) is 4.57. The van der Waals surface area contributed by atoms with E-state index in [1.54, 1.807) is 18.2 Å². The first-order valence-corrected chi connectivity index (χ1v) is 7.09. The topological polar surface area (TPSA) is 25.8 Å². The number of hydrogen-bond donors (Lipinski definition) is 0.